The highest BCUT2D eigenvalue weighted by molar-refractivity contribution is 7.19. The number of fused-ring (bicyclic) bond motifs is 3. The van der Waals surface area contributed by atoms with Crippen LogP contribution < -0.4 is 5.32 Å². The summed E-state index contributed by atoms with van der Waals surface area (Å²) in [6.07, 6.45) is 8.36. The van der Waals surface area contributed by atoms with E-state index in [4.69, 9.17) is 9.97 Å². The van der Waals surface area contributed by atoms with Crippen LogP contribution in [0.1, 0.15) is 55.3 Å². The monoisotopic (exact) mass is 360 g/mol. The second-order valence-electron chi connectivity index (χ2n) is 7.45. The smallest absolute Gasteiger partial charge is 0.146 e. The highest BCUT2D eigenvalue weighted by Crippen LogP contribution is 2.38. The summed E-state index contributed by atoms with van der Waals surface area (Å²) in [7, 11) is 0. The van der Waals surface area contributed by atoms with Gasteiger partial charge in [0.05, 0.1) is 18.0 Å². The summed E-state index contributed by atoms with van der Waals surface area (Å²) in [4.78, 5) is 14.9. The normalized spacial score (nSPS) is 19.8. The van der Waals surface area contributed by atoms with E-state index in [0.29, 0.717) is 6.54 Å². The number of hydrogen-bond donors (Lipinski definition) is 2. The third-order valence-corrected chi connectivity index (χ3v) is 6.43. The summed E-state index contributed by atoms with van der Waals surface area (Å²) in [6, 6.07) is 0. The van der Waals surface area contributed by atoms with Crippen LogP contribution >= 0.6 is 11.3 Å². The summed E-state index contributed by atoms with van der Waals surface area (Å²) in [5.41, 5.74) is 1.45. The van der Waals surface area contributed by atoms with Gasteiger partial charge in [0.25, 0.3) is 0 Å². The Labute approximate surface area is 153 Å². The Hall–Kier alpha value is -1.24. The van der Waals surface area contributed by atoms with E-state index < -0.39 is 0 Å². The lowest BCUT2D eigenvalue weighted by Crippen LogP contribution is -2.30. The number of rotatable bonds is 5. The molecule has 2 aliphatic rings. The van der Waals surface area contributed by atoms with E-state index in [-0.39, 0.29) is 6.10 Å². The van der Waals surface area contributed by atoms with Crippen LogP contribution in [-0.4, -0.2) is 45.7 Å². The van der Waals surface area contributed by atoms with Gasteiger partial charge in [0, 0.05) is 11.4 Å². The predicted octanol–water partition coefficient (Wildman–Crippen LogP) is 3.35. The van der Waals surface area contributed by atoms with Crippen LogP contribution in [0.25, 0.3) is 10.2 Å². The fraction of sp³-hybridized carbons (Fsp3) is 0.684. The topological polar surface area (TPSA) is 61.3 Å². The Morgan fingerprint density at radius 3 is 2.72 bits per heavy atom. The largest absolute Gasteiger partial charge is 0.392 e. The molecule has 6 heteroatoms. The Morgan fingerprint density at radius 1 is 1.12 bits per heavy atom. The summed E-state index contributed by atoms with van der Waals surface area (Å²) in [6.45, 7) is 5.47. The Kier molecular flexibility index (Phi) is 5.20. The van der Waals surface area contributed by atoms with Crippen LogP contribution in [0, 0.1) is 0 Å². The second-order valence-corrected chi connectivity index (χ2v) is 8.53. The molecule has 1 unspecified atom stereocenters. The highest BCUT2D eigenvalue weighted by Gasteiger charge is 2.22. The standard InChI is InChI=1S/C19H28N4OS/c1-13(24)11-20-18-17-14-7-3-4-8-15(14)25-19(17)22-16(21-18)12-23-9-5-2-6-10-23/h13,24H,2-12H2,1H3,(H,20,21,22). The van der Waals surface area contributed by atoms with E-state index in [1.807, 2.05) is 18.3 Å². The summed E-state index contributed by atoms with van der Waals surface area (Å²) in [5.74, 6) is 1.85. The zero-order valence-corrected chi connectivity index (χ0v) is 15.9. The van der Waals surface area contributed by atoms with E-state index in [9.17, 15) is 5.11 Å². The van der Waals surface area contributed by atoms with Crippen molar-refractivity contribution in [1.82, 2.24) is 14.9 Å². The molecule has 0 spiro atoms. The molecule has 1 fully saturated rings. The number of aliphatic hydroxyl groups excluding tert-OH is 1. The van der Waals surface area contributed by atoms with Gasteiger partial charge < -0.3 is 10.4 Å². The van der Waals surface area contributed by atoms with Crippen LogP contribution in [-0.2, 0) is 19.4 Å². The van der Waals surface area contributed by atoms with E-state index in [1.54, 1.807) is 0 Å². The lowest BCUT2D eigenvalue weighted by Gasteiger charge is -2.25. The average Bonchev–Trinajstić information content (AvgIpc) is 2.99. The van der Waals surface area contributed by atoms with Gasteiger partial charge in [0.1, 0.15) is 16.5 Å². The van der Waals surface area contributed by atoms with Crippen molar-refractivity contribution in [3.8, 4) is 0 Å². The maximum Gasteiger partial charge on any atom is 0.146 e. The highest BCUT2D eigenvalue weighted by atomic mass is 32.1. The molecule has 5 nitrogen and oxygen atoms in total. The van der Waals surface area contributed by atoms with Gasteiger partial charge >= 0.3 is 0 Å². The van der Waals surface area contributed by atoms with Gasteiger partial charge in [-0.1, -0.05) is 6.42 Å². The third-order valence-electron chi connectivity index (χ3n) is 5.24. The molecule has 1 aliphatic carbocycles. The molecule has 1 atom stereocenters. The third kappa shape index (κ3) is 3.81. The van der Waals surface area contributed by atoms with E-state index in [0.717, 1.165) is 42.5 Å². The van der Waals surface area contributed by atoms with Gasteiger partial charge in [-0.15, -0.1) is 11.3 Å². The number of piperidine rings is 1. The fourth-order valence-electron chi connectivity index (χ4n) is 3.96. The number of likely N-dealkylation sites (tertiary alicyclic amines) is 1. The molecule has 25 heavy (non-hydrogen) atoms. The van der Waals surface area contributed by atoms with Crippen LogP contribution in [0.2, 0.25) is 0 Å². The van der Waals surface area contributed by atoms with Crippen LogP contribution in [0.3, 0.4) is 0 Å². The molecule has 136 valence electrons. The molecule has 2 aromatic rings. The van der Waals surface area contributed by atoms with E-state index >= 15 is 0 Å². The number of aliphatic hydroxyl groups is 1. The molecule has 1 aliphatic heterocycles. The van der Waals surface area contributed by atoms with Crippen LogP contribution in [0.5, 0.6) is 0 Å². The molecule has 0 bridgehead atoms. The van der Waals surface area contributed by atoms with Crippen LogP contribution in [0.4, 0.5) is 5.82 Å². The zero-order chi connectivity index (χ0) is 17.2. The first-order chi connectivity index (χ1) is 12.2. The van der Waals surface area contributed by atoms with Gasteiger partial charge in [-0.25, -0.2) is 9.97 Å². The molecule has 4 rings (SSSR count). The van der Waals surface area contributed by atoms with Gasteiger partial charge in [-0.2, -0.15) is 0 Å². The van der Waals surface area contributed by atoms with Crippen molar-refractivity contribution in [3.63, 3.8) is 0 Å². The van der Waals surface area contributed by atoms with Gasteiger partial charge in [-0.3, -0.25) is 4.90 Å². The summed E-state index contributed by atoms with van der Waals surface area (Å²) >= 11 is 1.85. The minimum absolute atomic E-state index is 0.384. The average molecular weight is 361 g/mol. The molecular weight excluding hydrogens is 332 g/mol. The summed E-state index contributed by atoms with van der Waals surface area (Å²) < 4.78 is 0. The van der Waals surface area contributed by atoms with Crippen molar-refractivity contribution >= 4 is 27.4 Å². The number of thiophene rings is 1. The van der Waals surface area contributed by atoms with E-state index in [2.05, 4.69) is 10.2 Å². The van der Waals surface area contributed by atoms with Crippen molar-refractivity contribution < 1.29 is 5.11 Å². The van der Waals surface area contributed by atoms with Crippen molar-refractivity contribution in [2.24, 2.45) is 0 Å². The number of aromatic nitrogens is 2. The van der Waals surface area contributed by atoms with E-state index in [1.165, 1.54) is 54.4 Å². The molecule has 0 amide bonds. The molecule has 0 aromatic carbocycles. The Balaban J connectivity index is 1.69. The first kappa shape index (κ1) is 17.2. The van der Waals surface area contributed by atoms with Crippen molar-refractivity contribution in [2.75, 3.05) is 25.0 Å². The zero-order valence-electron chi connectivity index (χ0n) is 15.1. The molecule has 1 saturated heterocycles. The maximum absolute atomic E-state index is 9.69. The Bertz CT molecular complexity index is 737. The first-order valence-electron chi connectivity index (χ1n) is 9.66. The fourth-order valence-corrected chi connectivity index (χ4v) is 5.24. The van der Waals surface area contributed by atoms with Crippen molar-refractivity contribution in [1.29, 1.82) is 0 Å². The molecule has 2 aromatic heterocycles. The molecule has 2 N–H and O–H groups in total. The lowest BCUT2D eigenvalue weighted by atomic mass is 9.97. The minimum Gasteiger partial charge on any atom is -0.392 e. The number of hydrogen-bond acceptors (Lipinski definition) is 6. The molecule has 3 heterocycles. The number of nitrogens with zero attached hydrogens (tertiary/aromatic N) is 3. The molecular formula is C19H28N4OS. The van der Waals surface area contributed by atoms with Gasteiger partial charge in [0.2, 0.25) is 0 Å². The second kappa shape index (κ2) is 7.56. The van der Waals surface area contributed by atoms with Crippen LogP contribution in [0.15, 0.2) is 0 Å². The van der Waals surface area contributed by atoms with Crippen molar-refractivity contribution in [3.05, 3.63) is 16.3 Å². The summed E-state index contributed by atoms with van der Waals surface area (Å²) in [5, 5.41) is 14.3. The minimum atomic E-state index is -0.384. The number of anilines is 1. The molecule has 0 saturated carbocycles. The predicted molar refractivity (Wildman–Crippen MR) is 103 cm³/mol. The lowest BCUT2D eigenvalue weighted by molar-refractivity contribution is 0.208. The van der Waals surface area contributed by atoms with Gasteiger partial charge in [0.15, 0.2) is 0 Å². The SMILES string of the molecule is CC(O)CNc1nc(CN2CCCCC2)nc2sc3c(c12)CCCC3. The van der Waals surface area contributed by atoms with Crippen molar-refractivity contribution in [2.45, 2.75) is 64.5 Å². The Morgan fingerprint density at radius 2 is 1.92 bits per heavy atom. The molecule has 0 radical (unpaired) electrons. The first-order valence-corrected chi connectivity index (χ1v) is 10.5. The van der Waals surface area contributed by atoms with Gasteiger partial charge in [-0.05, 0) is 64.1 Å². The number of aryl methyl sites for hydroxylation is 2. The quantitative estimate of drug-likeness (QED) is 0.856. The maximum atomic E-state index is 9.69. The number of nitrogens with one attached hydrogen (secondary N) is 1.